The predicted molar refractivity (Wildman–Crippen MR) is 180 cm³/mol. The van der Waals surface area contributed by atoms with Crippen LogP contribution in [0.4, 0.5) is 0 Å². The second-order valence-electron chi connectivity index (χ2n) is 12.2. The Balaban J connectivity index is 1.44. The second kappa shape index (κ2) is 9.29. The predicted octanol–water partition coefficient (Wildman–Crippen LogP) is 11.6. The Morgan fingerprint density at radius 3 is 1.76 bits per heavy atom. The number of rotatable bonds is 3. The zero-order chi connectivity index (χ0) is 28.4. The molecule has 0 fully saturated rings. The Morgan fingerprint density at radius 1 is 0.405 bits per heavy atom. The Kier molecular flexibility index (Phi) is 5.49. The Bertz CT molecular complexity index is 2140. The SMILES string of the molecule is Cc1ccc2c(-c3ccc(-c4ccccc4)cc3)c3ccccc3c(-c3cccc4c3C(C)(C)c3ccccc3-4)c2c1. The summed E-state index contributed by atoms with van der Waals surface area (Å²) in [5.41, 5.74) is 14.5. The van der Waals surface area contributed by atoms with Crippen LogP contribution in [0.2, 0.25) is 0 Å². The summed E-state index contributed by atoms with van der Waals surface area (Å²) in [6.07, 6.45) is 0. The monoisotopic (exact) mass is 536 g/mol. The highest BCUT2D eigenvalue weighted by atomic mass is 14.4. The van der Waals surface area contributed by atoms with Crippen molar-refractivity contribution in [2.45, 2.75) is 26.2 Å². The van der Waals surface area contributed by atoms with Crippen LogP contribution in [0.15, 0.2) is 140 Å². The average Bonchev–Trinajstić information content (AvgIpc) is 3.27. The first-order valence-corrected chi connectivity index (χ1v) is 14.9. The normalized spacial score (nSPS) is 13.3. The number of hydrogen-bond acceptors (Lipinski definition) is 0. The zero-order valence-electron chi connectivity index (χ0n) is 24.3. The first-order chi connectivity index (χ1) is 20.5. The van der Waals surface area contributed by atoms with Crippen molar-refractivity contribution in [3.8, 4) is 44.5 Å². The van der Waals surface area contributed by atoms with Crippen LogP contribution >= 0.6 is 0 Å². The van der Waals surface area contributed by atoms with Crippen LogP contribution in [0.5, 0.6) is 0 Å². The topological polar surface area (TPSA) is 0 Å². The molecule has 200 valence electrons. The molecule has 0 spiro atoms. The quantitative estimate of drug-likeness (QED) is 0.197. The van der Waals surface area contributed by atoms with Crippen LogP contribution in [-0.2, 0) is 5.41 Å². The highest BCUT2D eigenvalue weighted by Crippen LogP contribution is 2.54. The van der Waals surface area contributed by atoms with E-state index in [4.69, 9.17) is 0 Å². The van der Waals surface area contributed by atoms with Crippen LogP contribution in [0.25, 0.3) is 66.1 Å². The number of hydrogen-bond donors (Lipinski definition) is 0. The van der Waals surface area contributed by atoms with E-state index in [0.717, 1.165) is 0 Å². The molecule has 7 aromatic rings. The Hall–Kier alpha value is -4.94. The van der Waals surface area contributed by atoms with Gasteiger partial charge in [-0.25, -0.2) is 0 Å². The maximum atomic E-state index is 2.40. The van der Waals surface area contributed by atoms with Gasteiger partial charge >= 0.3 is 0 Å². The summed E-state index contributed by atoms with van der Waals surface area (Å²) >= 11 is 0. The van der Waals surface area contributed by atoms with Crippen LogP contribution in [0.3, 0.4) is 0 Å². The minimum Gasteiger partial charge on any atom is -0.0622 e. The summed E-state index contributed by atoms with van der Waals surface area (Å²) in [4.78, 5) is 0. The van der Waals surface area contributed by atoms with Crippen LogP contribution in [0, 0.1) is 6.92 Å². The molecule has 7 aromatic carbocycles. The van der Waals surface area contributed by atoms with Crippen molar-refractivity contribution in [3.05, 3.63) is 156 Å². The second-order valence-corrected chi connectivity index (χ2v) is 12.2. The lowest BCUT2D eigenvalue weighted by Gasteiger charge is -2.26. The molecule has 0 heteroatoms. The average molecular weight is 537 g/mol. The van der Waals surface area contributed by atoms with Gasteiger partial charge in [0.2, 0.25) is 0 Å². The molecule has 0 aromatic heterocycles. The van der Waals surface area contributed by atoms with E-state index in [9.17, 15) is 0 Å². The molecule has 0 amide bonds. The summed E-state index contributed by atoms with van der Waals surface area (Å²) in [7, 11) is 0. The van der Waals surface area contributed by atoms with Crippen molar-refractivity contribution in [1.29, 1.82) is 0 Å². The van der Waals surface area contributed by atoms with E-state index in [-0.39, 0.29) is 5.41 Å². The molecular weight excluding hydrogens is 504 g/mol. The van der Waals surface area contributed by atoms with E-state index in [1.54, 1.807) is 0 Å². The van der Waals surface area contributed by atoms with Crippen molar-refractivity contribution in [2.75, 3.05) is 0 Å². The molecule has 0 saturated heterocycles. The fourth-order valence-corrected chi connectivity index (χ4v) is 7.41. The lowest BCUT2D eigenvalue weighted by molar-refractivity contribution is 0.662. The van der Waals surface area contributed by atoms with Crippen molar-refractivity contribution in [3.63, 3.8) is 0 Å². The molecule has 0 bridgehead atoms. The number of benzene rings is 7. The van der Waals surface area contributed by atoms with E-state index in [1.807, 2.05) is 0 Å². The lowest BCUT2D eigenvalue weighted by Crippen LogP contribution is -2.16. The molecule has 1 aliphatic rings. The molecule has 0 atom stereocenters. The summed E-state index contributed by atoms with van der Waals surface area (Å²) in [6, 6.07) is 51.6. The molecule has 42 heavy (non-hydrogen) atoms. The molecule has 0 aliphatic heterocycles. The summed E-state index contributed by atoms with van der Waals surface area (Å²) < 4.78 is 0. The van der Waals surface area contributed by atoms with E-state index in [1.165, 1.54) is 82.7 Å². The van der Waals surface area contributed by atoms with E-state index >= 15 is 0 Å². The van der Waals surface area contributed by atoms with Crippen molar-refractivity contribution >= 4 is 21.5 Å². The maximum Gasteiger partial charge on any atom is 0.0165 e. The van der Waals surface area contributed by atoms with E-state index < -0.39 is 0 Å². The molecule has 0 N–H and O–H groups in total. The molecule has 0 unspecified atom stereocenters. The van der Waals surface area contributed by atoms with Gasteiger partial charge in [0.05, 0.1) is 0 Å². The fourth-order valence-electron chi connectivity index (χ4n) is 7.41. The number of aryl methyl sites for hydroxylation is 1. The highest BCUT2D eigenvalue weighted by molar-refractivity contribution is 6.22. The summed E-state index contributed by atoms with van der Waals surface area (Å²) in [5.74, 6) is 0. The third-order valence-corrected chi connectivity index (χ3v) is 9.31. The van der Waals surface area contributed by atoms with Crippen LogP contribution < -0.4 is 0 Å². The van der Waals surface area contributed by atoms with E-state index in [0.29, 0.717) is 0 Å². The molecule has 0 radical (unpaired) electrons. The molecular formula is C42H32. The molecule has 8 rings (SSSR count). The van der Waals surface area contributed by atoms with Gasteiger partial charge in [-0.15, -0.1) is 0 Å². The van der Waals surface area contributed by atoms with E-state index in [2.05, 4.69) is 160 Å². The van der Waals surface area contributed by atoms with Crippen molar-refractivity contribution in [1.82, 2.24) is 0 Å². The zero-order valence-corrected chi connectivity index (χ0v) is 24.3. The molecule has 0 saturated carbocycles. The minimum absolute atomic E-state index is 0.0916. The van der Waals surface area contributed by atoms with Gasteiger partial charge < -0.3 is 0 Å². The number of fused-ring (bicyclic) bond motifs is 5. The third-order valence-electron chi connectivity index (χ3n) is 9.31. The standard InChI is InChI=1S/C42H32/c1-27-20-25-34-37(26-27)40(36-18-11-17-35-31-14-9-10-19-38(31)42(2,3)41(35)36)33-16-8-7-15-32(33)39(34)30-23-21-29(22-24-30)28-12-5-4-6-13-28/h4-26H,1-3H3. The van der Waals surface area contributed by atoms with Crippen LogP contribution in [0.1, 0.15) is 30.5 Å². The van der Waals surface area contributed by atoms with Gasteiger partial charge in [-0.05, 0) is 84.1 Å². The fraction of sp³-hybridized carbons (Fsp3) is 0.0952. The molecule has 1 aliphatic carbocycles. The highest BCUT2D eigenvalue weighted by Gasteiger charge is 2.37. The van der Waals surface area contributed by atoms with Gasteiger partial charge in [0, 0.05) is 5.41 Å². The van der Waals surface area contributed by atoms with Crippen molar-refractivity contribution < 1.29 is 0 Å². The Labute approximate surface area is 247 Å². The largest absolute Gasteiger partial charge is 0.0622 e. The van der Waals surface area contributed by atoms with Crippen LogP contribution in [-0.4, -0.2) is 0 Å². The van der Waals surface area contributed by atoms with Gasteiger partial charge in [0.25, 0.3) is 0 Å². The smallest absolute Gasteiger partial charge is 0.0165 e. The van der Waals surface area contributed by atoms with Gasteiger partial charge in [0.1, 0.15) is 0 Å². The van der Waals surface area contributed by atoms with Gasteiger partial charge in [0.15, 0.2) is 0 Å². The summed E-state index contributed by atoms with van der Waals surface area (Å²) in [5, 5.41) is 5.21. The molecule has 0 nitrogen and oxygen atoms in total. The maximum absolute atomic E-state index is 2.40. The minimum atomic E-state index is -0.0916. The first kappa shape index (κ1) is 24.8. The summed E-state index contributed by atoms with van der Waals surface area (Å²) in [6.45, 7) is 6.99. The van der Waals surface area contributed by atoms with Crippen molar-refractivity contribution in [2.24, 2.45) is 0 Å². The Morgan fingerprint density at radius 2 is 0.976 bits per heavy atom. The van der Waals surface area contributed by atoms with Gasteiger partial charge in [-0.2, -0.15) is 0 Å². The first-order valence-electron chi connectivity index (χ1n) is 14.9. The lowest BCUT2D eigenvalue weighted by atomic mass is 9.76. The molecule has 0 heterocycles. The van der Waals surface area contributed by atoms with Gasteiger partial charge in [-0.3, -0.25) is 0 Å². The van der Waals surface area contributed by atoms with Gasteiger partial charge in [-0.1, -0.05) is 159 Å². The third kappa shape index (κ3) is 3.62.